The van der Waals surface area contributed by atoms with Crippen molar-refractivity contribution in [2.45, 2.75) is 57.5 Å². The predicted molar refractivity (Wildman–Crippen MR) is 86.6 cm³/mol. The Morgan fingerprint density at radius 3 is 2.65 bits per heavy atom. The van der Waals surface area contributed by atoms with Crippen molar-refractivity contribution in [3.63, 3.8) is 0 Å². The van der Waals surface area contributed by atoms with E-state index in [-0.39, 0.29) is 23.9 Å². The summed E-state index contributed by atoms with van der Waals surface area (Å²) in [4.78, 5) is 30.6. The summed E-state index contributed by atoms with van der Waals surface area (Å²) in [6.45, 7) is 2.99. The van der Waals surface area contributed by atoms with Crippen molar-refractivity contribution < 1.29 is 9.59 Å². The first-order valence-electron chi connectivity index (χ1n) is 8.68. The highest BCUT2D eigenvalue weighted by molar-refractivity contribution is 5.87. The number of rotatable bonds is 4. The van der Waals surface area contributed by atoms with Crippen molar-refractivity contribution in [1.82, 2.24) is 19.8 Å². The average molecular weight is 318 g/mol. The number of aromatic nitrogens is 2. The third-order valence-corrected chi connectivity index (χ3v) is 5.15. The van der Waals surface area contributed by atoms with E-state index in [1.54, 1.807) is 6.20 Å². The molecule has 2 heterocycles. The highest BCUT2D eigenvalue weighted by Crippen LogP contribution is 2.30. The molecule has 0 spiro atoms. The van der Waals surface area contributed by atoms with Crippen LogP contribution in [-0.2, 0) is 9.59 Å². The third kappa shape index (κ3) is 3.74. The lowest BCUT2D eigenvalue weighted by molar-refractivity contribution is -0.139. The third-order valence-electron chi connectivity index (χ3n) is 5.15. The van der Waals surface area contributed by atoms with Crippen LogP contribution in [0.5, 0.6) is 0 Å². The molecule has 0 aromatic carbocycles. The fraction of sp³-hybridized carbons (Fsp3) is 0.706. The standard InChI is InChI=1S/C17H26N4O2/c1-13(22)19-16(14-5-2-3-6-14)17(23)20-9-4-7-15(11-20)21-10-8-18-12-21/h8,10,12,14-16H,2-7,9,11H2,1H3,(H,19,22)/t15-,16+/m0/s1. The van der Waals surface area contributed by atoms with Gasteiger partial charge in [0, 0.05) is 32.4 Å². The summed E-state index contributed by atoms with van der Waals surface area (Å²) in [5, 5.41) is 2.92. The molecule has 0 radical (unpaired) electrons. The van der Waals surface area contributed by atoms with Gasteiger partial charge in [0.05, 0.1) is 12.4 Å². The van der Waals surface area contributed by atoms with Crippen LogP contribution in [0.1, 0.15) is 51.5 Å². The highest BCUT2D eigenvalue weighted by atomic mass is 16.2. The molecule has 2 amide bonds. The van der Waals surface area contributed by atoms with Crippen LogP contribution < -0.4 is 5.32 Å². The number of likely N-dealkylation sites (tertiary alicyclic amines) is 1. The van der Waals surface area contributed by atoms with Gasteiger partial charge in [0.15, 0.2) is 0 Å². The van der Waals surface area contributed by atoms with Crippen LogP contribution in [0.3, 0.4) is 0 Å². The lowest BCUT2D eigenvalue weighted by atomic mass is 9.95. The van der Waals surface area contributed by atoms with Crippen LogP contribution in [0.15, 0.2) is 18.7 Å². The van der Waals surface area contributed by atoms with E-state index >= 15 is 0 Å². The van der Waals surface area contributed by atoms with E-state index < -0.39 is 0 Å². The summed E-state index contributed by atoms with van der Waals surface area (Å²) in [5.41, 5.74) is 0. The second-order valence-electron chi connectivity index (χ2n) is 6.81. The molecular formula is C17H26N4O2. The smallest absolute Gasteiger partial charge is 0.245 e. The molecule has 1 aliphatic carbocycles. The molecule has 1 aromatic heterocycles. The summed E-state index contributed by atoms with van der Waals surface area (Å²) >= 11 is 0. The fourth-order valence-electron chi connectivity index (χ4n) is 3.97. The fourth-order valence-corrected chi connectivity index (χ4v) is 3.97. The van der Waals surface area contributed by atoms with E-state index in [4.69, 9.17) is 0 Å². The molecule has 6 nitrogen and oxygen atoms in total. The van der Waals surface area contributed by atoms with Crippen molar-refractivity contribution in [3.05, 3.63) is 18.7 Å². The molecular weight excluding hydrogens is 292 g/mol. The molecule has 23 heavy (non-hydrogen) atoms. The summed E-state index contributed by atoms with van der Waals surface area (Å²) in [6.07, 6.45) is 12.0. The van der Waals surface area contributed by atoms with Crippen molar-refractivity contribution in [1.29, 1.82) is 0 Å². The van der Waals surface area contributed by atoms with E-state index in [2.05, 4.69) is 14.9 Å². The minimum absolute atomic E-state index is 0.0944. The van der Waals surface area contributed by atoms with Gasteiger partial charge in [-0.1, -0.05) is 12.8 Å². The van der Waals surface area contributed by atoms with Crippen LogP contribution in [0.2, 0.25) is 0 Å². The summed E-state index contributed by atoms with van der Waals surface area (Å²) < 4.78 is 2.09. The Kier molecular flexibility index (Phi) is 4.98. The number of piperidine rings is 1. The van der Waals surface area contributed by atoms with Crippen molar-refractivity contribution in [2.75, 3.05) is 13.1 Å². The van der Waals surface area contributed by atoms with Gasteiger partial charge in [0.25, 0.3) is 0 Å². The Balaban J connectivity index is 1.69. The Morgan fingerprint density at radius 1 is 1.22 bits per heavy atom. The van der Waals surface area contributed by atoms with Gasteiger partial charge in [-0.2, -0.15) is 0 Å². The number of carbonyl (C=O) groups excluding carboxylic acids is 2. The monoisotopic (exact) mass is 318 g/mol. The maximum atomic E-state index is 13.0. The zero-order valence-electron chi connectivity index (χ0n) is 13.8. The molecule has 2 aliphatic rings. The molecule has 1 saturated carbocycles. The van der Waals surface area contributed by atoms with Gasteiger partial charge < -0.3 is 14.8 Å². The van der Waals surface area contributed by atoms with Gasteiger partial charge in [-0.3, -0.25) is 9.59 Å². The average Bonchev–Trinajstić information content (AvgIpc) is 3.25. The Labute approximate surface area is 137 Å². The maximum absolute atomic E-state index is 13.0. The van der Waals surface area contributed by atoms with Crippen molar-refractivity contribution in [3.8, 4) is 0 Å². The summed E-state index contributed by atoms with van der Waals surface area (Å²) in [7, 11) is 0. The van der Waals surface area contributed by atoms with E-state index in [1.807, 2.05) is 17.4 Å². The lowest BCUT2D eigenvalue weighted by Crippen LogP contribution is -2.53. The van der Waals surface area contributed by atoms with Crippen LogP contribution in [0.4, 0.5) is 0 Å². The number of hydrogen-bond acceptors (Lipinski definition) is 3. The lowest BCUT2D eigenvalue weighted by Gasteiger charge is -2.36. The molecule has 1 aromatic rings. The van der Waals surface area contributed by atoms with Crippen LogP contribution in [0, 0.1) is 5.92 Å². The number of nitrogens with one attached hydrogen (secondary N) is 1. The van der Waals surface area contributed by atoms with Gasteiger partial charge >= 0.3 is 0 Å². The van der Waals surface area contributed by atoms with E-state index in [0.717, 1.165) is 45.1 Å². The predicted octanol–water partition coefficient (Wildman–Crippen LogP) is 1.74. The molecule has 0 bridgehead atoms. The molecule has 1 saturated heterocycles. The van der Waals surface area contributed by atoms with Gasteiger partial charge in [0.1, 0.15) is 6.04 Å². The molecule has 1 N–H and O–H groups in total. The normalized spacial score (nSPS) is 23.7. The summed E-state index contributed by atoms with van der Waals surface area (Å²) in [5.74, 6) is 0.273. The number of hydrogen-bond donors (Lipinski definition) is 1. The number of nitrogens with zero attached hydrogens (tertiary/aromatic N) is 3. The van der Waals surface area contributed by atoms with Gasteiger partial charge in [-0.15, -0.1) is 0 Å². The Bertz CT molecular complexity index is 537. The number of carbonyl (C=O) groups is 2. The first kappa shape index (κ1) is 16.0. The quantitative estimate of drug-likeness (QED) is 0.919. The van der Waals surface area contributed by atoms with E-state index in [9.17, 15) is 9.59 Å². The molecule has 126 valence electrons. The van der Waals surface area contributed by atoms with E-state index in [1.165, 1.54) is 6.92 Å². The van der Waals surface area contributed by atoms with Crippen LogP contribution in [0.25, 0.3) is 0 Å². The molecule has 3 rings (SSSR count). The zero-order valence-corrected chi connectivity index (χ0v) is 13.8. The maximum Gasteiger partial charge on any atom is 0.245 e. The number of imidazole rings is 1. The second-order valence-corrected chi connectivity index (χ2v) is 6.81. The molecule has 2 atom stereocenters. The minimum Gasteiger partial charge on any atom is -0.344 e. The van der Waals surface area contributed by atoms with Crippen LogP contribution in [-0.4, -0.2) is 45.4 Å². The Hall–Kier alpha value is -1.85. The van der Waals surface area contributed by atoms with Gasteiger partial charge in [-0.25, -0.2) is 4.98 Å². The largest absolute Gasteiger partial charge is 0.344 e. The van der Waals surface area contributed by atoms with Gasteiger partial charge in [-0.05, 0) is 31.6 Å². The van der Waals surface area contributed by atoms with Crippen LogP contribution >= 0.6 is 0 Å². The Morgan fingerprint density at radius 2 is 2.00 bits per heavy atom. The molecule has 0 unspecified atom stereocenters. The first-order chi connectivity index (χ1) is 11.1. The number of amides is 2. The van der Waals surface area contributed by atoms with E-state index in [0.29, 0.717) is 12.5 Å². The first-order valence-corrected chi connectivity index (χ1v) is 8.68. The second kappa shape index (κ2) is 7.15. The molecule has 2 fully saturated rings. The minimum atomic E-state index is -0.350. The van der Waals surface area contributed by atoms with Gasteiger partial charge in [0.2, 0.25) is 11.8 Å². The highest BCUT2D eigenvalue weighted by Gasteiger charge is 2.35. The molecule has 6 heteroatoms. The van der Waals surface area contributed by atoms with Crippen molar-refractivity contribution >= 4 is 11.8 Å². The topological polar surface area (TPSA) is 67.2 Å². The zero-order chi connectivity index (χ0) is 16.2. The van der Waals surface area contributed by atoms with Crippen molar-refractivity contribution in [2.24, 2.45) is 5.92 Å². The SMILES string of the molecule is CC(=O)N[C@@H](C(=O)N1CCC[C@H](n2ccnc2)C1)C1CCCC1. The molecule has 1 aliphatic heterocycles. The summed E-state index contributed by atoms with van der Waals surface area (Å²) in [6, 6.07) is -0.0618.